The van der Waals surface area contributed by atoms with E-state index in [1.54, 1.807) is 26.2 Å². The van der Waals surface area contributed by atoms with E-state index in [0.717, 1.165) is 25.9 Å². The normalized spacial score (nSPS) is 21.4. The molecule has 2 aliphatic rings. The third-order valence-electron chi connectivity index (χ3n) is 6.28. The monoisotopic (exact) mass is 422 g/mol. The van der Waals surface area contributed by atoms with E-state index in [2.05, 4.69) is 20.1 Å². The van der Waals surface area contributed by atoms with Gasteiger partial charge in [0.2, 0.25) is 0 Å². The summed E-state index contributed by atoms with van der Waals surface area (Å²) in [6.45, 7) is 5.53. The highest BCUT2D eigenvalue weighted by Crippen LogP contribution is 2.36. The number of nitrogens with zero attached hydrogens (tertiary/aromatic N) is 6. The quantitative estimate of drug-likeness (QED) is 0.688. The fourth-order valence-corrected chi connectivity index (χ4v) is 4.58. The van der Waals surface area contributed by atoms with Crippen molar-refractivity contribution in [3.05, 3.63) is 54.2 Å². The van der Waals surface area contributed by atoms with Crippen LogP contribution < -0.4 is 4.90 Å². The number of fused-ring (bicyclic) bond motifs is 1. The summed E-state index contributed by atoms with van der Waals surface area (Å²) in [5.74, 6) is 0.465. The molecule has 2 saturated heterocycles. The van der Waals surface area contributed by atoms with Crippen molar-refractivity contribution in [3.63, 3.8) is 0 Å². The van der Waals surface area contributed by atoms with Crippen molar-refractivity contribution in [1.29, 1.82) is 0 Å². The number of para-hydroxylation sites is 1. The Labute approximate surface area is 180 Å². The van der Waals surface area contributed by atoms with Gasteiger partial charge in [0.1, 0.15) is 17.6 Å². The van der Waals surface area contributed by atoms with Gasteiger partial charge in [-0.05, 0) is 44.7 Å². The number of hydrogen-bond acceptors (Lipinski definition) is 7. The van der Waals surface area contributed by atoms with Crippen molar-refractivity contribution >= 4 is 11.9 Å². The fourth-order valence-electron chi connectivity index (χ4n) is 4.58. The SMILES string of the molecule is CC(C)(O)c1coc(N2CC[C@@H]3CCN(C(=O)c4ccccc4-n4nccn4)C[C@@H]32)n1. The average Bonchev–Trinajstić information content (AvgIpc) is 3.52. The molecule has 9 nitrogen and oxygen atoms in total. The van der Waals surface area contributed by atoms with Crippen LogP contribution in [0.25, 0.3) is 5.69 Å². The molecule has 0 saturated carbocycles. The van der Waals surface area contributed by atoms with Crippen LogP contribution >= 0.6 is 0 Å². The summed E-state index contributed by atoms with van der Waals surface area (Å²) in [4.78, 5) is 23.5. The van der Waals surface area contributed by atoms with E-state index in [0.29, 0.717) is 35.4 Å². The number of likely N-dealkylation sites (tertiary alicyclic amines) is 1. The first-order valence-electron chi connectivity index (χ1n) is 10.6. The zero-order chi connectivity index (χ0) is 21.6. The molecule has 0 aliphatic carbocycles. The second kappa shape index (κ2) is 7.49. The summed E-state index contributed by atoms with van der Waals surface area (Å²) in [5.41, 5.74) is 0.711. The molecule has 31 heavy (non-hydrogen) atoms. The van der Waals surface area contributed by atoms with Gasteiger partial charge in [-0.2, -0.15) is 20.0 Å². The lowest BCUT2D eigenvalue weighted by molar-refractivity contribution is 0.0677. The van der Waals surface area contributed by atoms with Crippen molar-refractivity contribution in [2.75, 3.05) is 24.5 Å². The van der Waals surface area contributed by atoms with Gasteiger partial charge in [0.15, 0.2) is 0 Å². The number of carbonyl (C=O) groups is 1. The summed E-state index contributed by atoms with van der Waals surface area (Å²) in [7, 11) is 0. The number of hydrogen-bond donors (Lipinski definition) is 1. The Hall–Kier alpha value is -3.20. The molecular formula is C22H26N6O3. The van der Waals surface area contributed by atoms with Crippen LogP contribution in [-0.4, -0.2) is 61.6 Å². The van der Waals surface area contributed by atoms with Crippen LogP contribution in [0.1, 0.15) is 42.7 Å². The Morgan fingerprint density at radius 2 is 1.90 bits per heavy atom. The van der Waals surface area contributed by atoms with E-state index >= 15 is 0 Å². The van der Waals surface area contributed by atoms with Gasteiger partial charge in [-0.1, -0.05) is 12.1 Å². The number of oxazole rings is 1. The third-order valence-corrected chi connectivity index (χ3v) is 6.28. The van der Waals surface area contributed by atoms with E-state index in [1.165, 1.54) is 11.1 Å². The van der Waals surface area contributed by atoms with Gasteiger partial charge in [-0.3, -0.25) is 4.79 Å². The lowest BCUT2D eigenvalue weighted by Gasteiger charge is -2.38. The number of benzene rings is 1. The van der Waals surface area contributed by atoms with E-state index in [-0.39, 0.29) is 11.9 Å². The Morgan fingerprint density at radius 3 is 2.65 bits per heavy atom. The standard InChI is InChI=1S/C22H26N6O3/c1-22(2,30)19-14-31-21(25-19)27-12-8-15-7-11-26(13-18(15)27)20(29)16-5-3-4-6-17(16)28-23-9-10-24-28/h3-6,9-10,14-15,18,30H,7-8,11-13H2,1-2H3/t15-,18-/m0/s1. The van der Waals surface area contributed by atoms with E-state index in [4.69, 9.17) is 4.42 Å². The largest absolute Gasteiger partial charge is 0.432 e. The summed E-state index contributed by atoms with van der Waals surface area (Å²) in [6, 6.07) is 8.07. The van der Waals surface area contributed by atoms with Gasteiger partial charge in [0.25, 0.3) is 11.9 Å². The van der Waals surface area contributed by atoms with Gasteiger partial charge >= 0.3 is 0 Å². The van der Waals surface area contributed by atoms with Crippen molar-refractivity contribution in [2.45, 2.75) is 38.3 Å². The van der Waals surface area contributed by atoms with Crippen molar-refractivity contribution < 1.29 is 14.3 Å². The van der Waals surface area contributed by atoms with Crippen LogP contribution in [0.4, 0.5) is 6.01 Å². The minimum atomic E-state index is -1.06. The summed E-state index contributed by atoms with van der Waals surface area (Å²) < 4.78 is 5.70. The van der Waals surface area contributed by atoms with Crippen molar-refractivity contribution in [2.24, 2.45) is 5.92 Å². The molecule has 2 fully saturated rings. The zero-order valence-electron chi connectivity index (χ0n) is 17.7. The first-order valence-corrected chi connectivity index (χ1v) is 10.6. The van der Waals surface area contributed by atoms with Gasteiger partial charge in [0, 0.05) is 19.6 Å². The molecular weight excluding hydrogens is 396 g/mol. The predicted molar refractivity (Wildman–Crippen MR) is 113 cm³/mol. The second-order valence-corrected chi connectivity index (χ2v) is 8.76. The minimum absolute atomic E-state index is 0.0252. The summed E-state index contributed by atoms with van der Waals surface area (Å²) in [6.07, 6.45) is 6.69. The fraction of sp³-hybridized carbons (Fsp3) is 0.455. The Balaban J connectivity index is 1.38. The second-order valence-electron chi connectivity index (χ2n) is 8.76. The highest BCUT2D eigenvalue weighted by atomic mass is 16.4. The Kier molecular flexibility index (Phi) is 4.77. The molecule has 2 atom stereocenters. The van der Waals surface area contributed by atoms with Crippen molar-refractivity contribution in [3.8, 4) is 5.69 Å². The zero-order valence-corrected chi connectivity index (χ0v) is 17.7. The number of aliphatic hydroxyl groups is 1. The maximum absolute atomic E-state index is 13.4. The van der Waals surface area contributed by atoms with E-state index in [9.17, 15) is 9.90 Å². The smallest absolute Gasteiger partial charge is 0.297 e. The van der Waals surface area contributed by atoms with Crippen LogP contribution in [0.2, 0.25) is 0 Å². The van der Waals surface area contributed by atoms with Gasteiger partial charge in [-0.25, -0.2) is 0 Å². The molecule has 1 aromatic carbocycles. The Morgan fingerprint density at radius 1 is 1.16 bits per heavy atom. The van der Waals surface area contributed by atoms with Crippen LogP contribution in [0, 0.1) is 5.92 Å². The molecule has 4 heterocycles. The molecule has 2 aliphatic heterocycles. The molecule has 162 valence electrons. The molecule has 3 aromatic rings. The third kappa shape index (κ3) is 3.59. The maximum Gasteiger partial charge on any atom is 0.297 e. The number of piperidine rings is 1. The topological polar surface area (TPSA) is 101 Å². The lowest BCUT2D eigenvalue weighted by atomic mass is 9.91. The number of rotatable bonds is 4. The molecule has 1 amide bonds. The van der Waals surface area contributed by atoms with Gasteiger partial charge < -0.3 is 19.3 Å². The van der Waals surface area contributed by atoms with Crippen LogP contribution in [0.15, 0.2) is 47.3 Å². The van der Waals surface area contributed by atoms with Crippen molar-refractivity contribution in [1.82, 2.24) is 24.9 Å². The highest BCUT2D eigenvalue weighted by molar-refractivity contribution is 5.97. The number of amides is 1. The number of aromatic nitrogens is 4. The van der Waals surface area contributed by atoms with Gasteiger partial charge in [0.05, 0.1) is 29.7 Å². The predicted octanol–water partition coefficient (Wildman–Crippen LogP) is 2.22. The number of carbonyl (C=O) groups excluding carboxylic acids is 1. The lowest BCUT2D eigenvalue weighted by Crippen LogP contribution is -2.50. The summed E-state index contributed by atoms with van der Waals surface area (Å²) in [5, 5.41) is 18.6. The van der Waals surface area contributed by atoms with E-state index in [1.807, 2.05) is 29.2 Å². The highest BCUT2D eigenvalue weighted by Gasteiger charge is 2.42. The summed E-state index contributed by atoms with van der Waals surface area (Å²) >= 11 is 0. The van der Waals surface area contributed by atoms with Gasteiger partial charge in [-0.15, -0.1) is 0 Å². The minimum Gasteiger partial charge on any atom is -0.432 e. The number of anilines is 1. The molecule has 0 radical (unpaired) electrons. The average molecular weight is 422 g/mol. The molecule has 0 unspecified atom stereocenters. The molecule has 9 heteroatoms. The van der Waals surface area contributed by atoms with Crippen LogP contribution in [0.3, 0.4) is 0 Å². The molecule has 1 N–H and O–H groups in total. The maximum atomic E-state index is 13.4. The van der Waals surface area contributed by atoms with E-state index < -0.39 is 5.60 Å². The van der Waals surface area contributed by atoms with Crippen LogP contribution in [0.5, 0.6) is 0 Å². The first-order chi connectivity index (χ1) is 14.9. The molecule has 2 aromatic heterocycles. The molecule has 0 bridgehead atoms. The van der Waals surface area contributed by atoms with Crippen LogP contribution in [-0.2, 0) is 5.60 Å². The first kappa shape index (κ1) is 19.7. The Bertz CT molecular complexity index is 1070. The molecule has 5 rings (SSSR count). The molecule has 0 spiro atoms.